The smallest absolute Gasteiger partial charge is 0.225 e. The number of benzene rings is 1. The minimum Gasteiger partial charge on any atom is -0.496 e. The highest BCUT2D eigenvalue weighted by Gasteiger charge is 2.27. The zero-order valence-electron chi connectivity index (χ0n) is 15.0. The number of hydrogen-bond donors (Lipinski definition) is 1. The monoisotopic (exact) mass is 418 g/mol. The van der Waals surface area contributed by atoms with Crippen LogP contribution >= 0.6 is 15.9 Å². The number of carbonyl (C=O) groups excluding carboxylic acids is 1. The van der Waals surface area contributed by atoms with E-state index in [9.17, 15) is 4.79 Å². The first-order valence-corrected chi connectivity index (χ1v) is 9.51. The second-order valence-electron chi connectivity index (χ2n) is 6.46. The Morgan fingerprint density at radius 3 is 3.04 bits per heavy atom. The molecule has 2 aromatic rings. The van der Waals surface area contributed by atoms with Crippen LogP contribution in [-0.2, 0) is 11.3 Å². The van der Waals surface area contributed by atoms with E-state index in [4.69, 9.17) is 4.74 Å². The molecule has 138 valence electrons. The summed E-state index contributed by atoms with van der Waals surface area (Å²) in [6, 6.07) is 7.66. The van der Waals surface area contributed by atoms with E-state index in [0.717, 1.165) is 40.9 Å². The second-order valence-corrected chi connectivity index (χ2v) is 7.37. The number of halogens is 1. The summed E-state index contributed by atoms with van der Waals surface area (Å²) in [5, 5.41) is 3.05. The third-order valence-corrected chi connectivity index (χ3v) is 5.05. The Morgan fingerprint density at radius 2 is 2.27 bits per heavy atom. The molecule has 1 N–H and O–H groups in total. The number of rotatable bonds is 5. The van der Waals surface area contributed by atoms with Crippen LogP contribution in [0.3, 0.4) is 0 Å². The third-order valence-electron chi connectivity index (χ3n) is 4.55. The fourth-order valence-corrected chi connectivity index (χ4v) is 3.58. The van der Waals surface area contributed by atoms with Gasteiger partial charge in [0.15, 0.2) is 0 Å². The van der Waals surface area contributed by atoms with Crippen LogP contribution in [-0.4, -0.2) is 36.1 Å². The summed E-state index contributed by atoms with van der Waals surface area (Å²) in [7, 11) is 1.63. The molecule has 0 aliphatic carbocycles. The number of nitrogens with zero attached hydrogens (tertiary/aromatic N) is 3. The van der Waals surface area contributed by atoms with E-state index < -0.39 is 0 Å². The molecule has 1 fully saturated rings. The molecule has 7 heteroatoms. The van der Waals surface area contributed by atoms with Crippen molar-refractivity contribution < 1.29 is 9.53 Å². The Morgan fingerprint density at radius 1 is 1.42 bits per heavy atom. The summed E-state index contributed by atoms with van der Waals surface area (Å²) in [6.45, 7) is 3.92. The first-order valence-electron chi connectivity index (χ1n) is 8.71. The van der Waals surface area contributed by atoms with Crippen LogP contribution in [0.2, 0.25) is 0 Å². The number of aryl methyl sites for hydroxylation is 1. The summed E-state index contributed by atoms with van der Waals surface area (Å²) in [6.07, 6.45) is 3.60. The van der Waals surface area contributed by atoms with Crippen LogP contribution in [0.15, 0.2) is 34.9 Å². The normalized spacial score (nSPS) is 17.0. The molecule has 1 saturated heterocycles. The van der Waals surface area contributed by atoms with Crippen molar-refractivity contribution in [3.8, 4) is 5.75 Å². The number of anilines is 1. The van der Waals surface area contributed by atoms with Crippen molar-refractivity contribution in [2.24, 2.45) is 5.92 Å². The molecule has 1 aliphatic rings. The second kappa shape index (κ2) is 8.49. The summed E-state index contributed by atoms with van der Waals surface area (Å²) in [5.41, 5.74) is 1.88. The average Bonchev–Trinajstić information content (AvgIpc) is 2.66. The van der Waals surface area contributed by atoms with Crippen molar-refractivity contribution in [1.29, 1.82) is 0 Å². The van der Waals surface area contributed by atoms with Crippen molar-refractivity contribution in [1.82, 2.24) is 15.3 Å². The van der Waals surface area contributed by atoms with Crippen LogP contribution in [0, 0.1) is 12.8 Å². The SMILES string of the molecule is COc1ccc(Br)cc1CNC(=O)[C@H]1CCCN(c2nccc(C)n2)C1. The van der Waals surface area contributed by atoms with Gasteiger partial charge in [-0.05, 0) is 44.0 Å². The molecule has 3 rings (SSSR count). The van der Waals surface area contributed by atoms with Gasteiger partial charge in [0, 0.05) is 41.6 Å². The van der Waals surface area contributed by atoms with Gasteiger partial charge in [-0.3, -0.25) is 4.79 Å². The molecule has 0 bridgehead atoms. The zero-order valence-corrected chi connectivity index (χ0v) is 16.6. The van der Waals surface area contributed by atoms with Gasteiger partial charge in [-0.25, -0.2) is 9.97 Å². The van der Waals surface area contributed by atoms with Crippen LogP contribution in [0.1, 0.15) is 24.1 Å². The van der Waals surface area contributed by atoms with Gasteiger partial charge in [-0.1, -0.05) is 15.9 Å². The maximum Gasteiger partial charge on any atom is 0.225 e. The number of hydrogen-bond acceptors (Lipinski definition) is 5. The molecular weight excluding hydrogens is 396 g/mol. The van der Waals surface area contributed by atoms with Crippen LogP contribution in [0.5, 0.6) is 5.75 Å². The molecule has 1 aromatic heterocycles. The molecule has 1 aliphatic heterocycles. The predicted octanol–water partition coefficient (Wildman–Crippen LogP) is 3.09. The van der Waals surface area contributed by atoms with E-state index in [1.807, 2.05) is 31.2 Å². The Bertz CT molecular complexity index is 784. The molecule has 0 unspecified atom stereocenters. The minimum atomic E-state index is -0.0639. The number of ether oxygens (including phenoxy) is 1. The molecular formula is C19H23BrN4O2. The van der Waals surface area contributed by atoms with Gasteiger partial charge < -0.3 is 15.0 Å². The molecule has 0 spiro atoms. The number of piperidine rings is 1. The Hall–Kier alpha value is -2.15. The highest BCUT2D eigenvalue weighted by molar-refractivity contribution is 9.10. The maximum atomic E-state index is 12.7. The average molecular weight is 419 g/mol. The minimum absolute atomic E-state index is 0.0596. The quantitative estimate of drug-likeness (QED) is 0.807. The summed E-state index contributed by atoms with van der Waals surface area (Å²) in [5.74, 6) is 1.47. The lowest BCUT2D eigenvalue weighted by Gasteiger charge is -2.32. The van der Waals surface area contributed by atoms with Crippen molar-refractivity contribution in [2.45, 2.75) is 26.3 Å². The molecule has 0 radical (unpaired) electrons. The third kappa shape index (κ3) is 4.52. The molecule has 6 nitrogen and oxygen atoms in total. The van der Waals surface area contributed by atoms with Gasteiger partial charge in [-0.2, -0.15) is 0 Å². The highest BCUT2D eigenvalue weighted by atomic mass is 79.9. The zero-order chi connectivity index (χ0) is 18.5. The van der Waals surface area contributed by atoms with Crippen molar-refractivity contribution >= 4 is 27.8 Å². The fourth-order valence-electron chi connectivity index (χ4n) is 3.17. The lowest BCUT2D eigenvalue weighted by atomic mass is 9.97. The number of aromatic nitrogens is 2. The first kappa shape index (κ1) is 18.6. The fraction of sp³-hybridized carbons (Fsp3) is 0.421. The Balaban J connectivity index is 1.62. The molecule has 1 atom stereocenters. The summed E-state index contributed by atoms with van der Waals surface area (Å²) >= 11 is 3.46. The van der Waals surface area contributed by atoms with Crippen LogP contribution in [0.4, 0.5) is 5.95 Å². The molecule has 26 heavy (non-hydrogen) atoms. The summed E-state index contributed by atoms with van der Waals surface area (Å²) < 4.78 is 6.33. The largest absolute Gasteiger partial charge is 0.496 e. The van der Waals surface area contributed by atoms with E-state index in [1.165, 1.54) is 0 Å². The van der Waals surface area contributed by atoms with Gasteiger partial charge in [0.25, 0.3) is 0 Å². The van der Waals surface area contributed by atoms with Crippen molar-refractivity contribution in [2.75, 3.05) is 25.1 Å². The predicted molar refractivity (Wildman–Crippen MR) is 104 cm³/mol. The van der Waals surface area contributed by atoms with Crippen LogP contribution < -0.4 is 15.0 Å². The molecule has 1 amide bonds. The number of carbonyl (C=O) groups is 1. The number of methoxy groups -OCH3 is 1. The van der Waals surface area contributed by atoms with Gasteiger partial charge >= 0.3 is 0 Å². The highest BCUT2D eigenvalue weighted by Crippen LogP contribution is 2.24. The Labute approximate surface area is 162 Å². The van der Waals surface area contributed by atoms with E-state index in [-0.39, 0.29) is 11.8 Å². The van der Waals surface area contributed by atoms with E-state index in [2.05, 4.69) is 36.1 Å². The summed E-state index contributed by atoms with van der Waals surface area (Å²) in [4.78, 5) is 23.6. The lowest BCUT2D eigenvalue weighted by Crippen LogP contribution is -2.43. The van der Waals surface area contributed by atoms with Gasteiger partial charge in [0.05, 0.1) is 13.0 Å². The topological polar surface area (TPSA) is 67.3 Å². The first-order chi connectivity index (χ1) is 12.6. The number of nitrogens with one attached hydrogen (secondary N) is 1. The molecule has 2 heterocycles. The number of amides is 1. The van der Waals surface area contributed by atoms with Gasteiger partial charge in [-0.15, -0.1) is 0 Å². The standard InChI is InChI=1S/C19H23BrN4O2/c1-13-7-8-21-19(23-13)24-9-3-4-14(12-24)18(25)22-11-15-10-16(20)5-6-17(15)26-2/h5-8,10,14H,3-4,9,11-12H2,1-2H3,(H,22,25)/t14-/m0/s1. The van der Waals surface area contributed by atoms with Crippen LogP contribution in [0.25, 0.3) is 0 Å². The molecule has 0 saturated carbocycles. The van der Waals surface area contributed by atoms with E-state index in [1.54, 1.807) is 13.3 Å². The van der Waals surface area contributed by atoms with E-state index in [0.29, 0.717) is 19.0 Å². The van der Waals surface area contributed by atoms with Crippen molar-refractivity contribution in [3.63, 3.8) is 0 Å². The lowest BCUT2D eigenvalue weighted by molar-refractivity contribution is -0.125. The van der Waals surface area contributed by atoms with Gasteiger partial charge in [0.2, 0.25) is 11.9 Å². The van der Waals surface area contributed by atoms with E-state index >= 15 is 0 Å². The van der Waals surface area contributed by atoms with Crippen molar-refractivity contribution in [3.05, 3.63) is 46.2 Å². The molecule has 1 aromatic carbocycles. The van der Waals surface area contributed by atoms with Gasteiger partial charge in [0.1, 0.15) is 5.75 Å². The Kier molecular flexibility index (Phi) is 6.08. The maximum absolute atomic E-state index is 12.7.